The van der Waals surface area contributed by atoms with Crippen molar-refractivity contribution in [3.63, 3.8) is 0 Å². The molecule has 0 fully saturated rings. The van der Waals surface area contributed by atoms with Crippen molar-refractivity contribution in [1.82, 2.24) is 10.2 Å². The van der Waals surface area contributed by atoms with E-state index in [1.165, 1.54) is 0 Å². The second-order valence-electron chi connectivity index (χ2n) is 4.54. The number of nitrogens with zero attached hydrogens (tertiary/aromatic N) is 1. The number of benzene rings is 1. The Morgan fingerprint density at radius 2 is 1.75 bits per heavy atom. The summed E-state index contributed by atoms with van der Waals surface area (Å²) in [5.41, 5.74) is 0.743. The van der Waals surface area contributed by atoms with Crippen molar-refractivity contribution < 1.29 is 8.78 Å². The molecular weight excluding hydrogens is 282 g/mol. The maximum absolute atomic E-state index is 13.5. The van der Waals surface area contributed by atoms with Crippen LogP contribution >= 0.6 is 11.3 Å². The average molecular weight is 292 g/mol. The van der Waals surface area contributed by atoms with Crippen molar-refractivity contribution >= 4 is 22.1 Å². The molecule has 2 heterocycles. The van der Waals surface area contributed by atoms with Gasteiger partial charge in [-0.05, 0) is 32.0 Å². The highest BCUT2D eigenvalue weighted by molar-refractivity contribution is 7.12. The Labute approximate surface area is 116 Å². The maximum Gasteiger partial charge on any atom is 0.272 e. The van der Waals surface area contributed by atoms with E-state index in [0.29, 0.717) is 11.1 Å². The number of H-pyrrole nitrogens is 1. The fourth-order valence-electron chi connectivity index (χ4n) is 2.23. The Kier molecular flexibility index (Phi) is 2.90. The molecule has 0 aliphatic heterocycles. The molecule has 0 spiro atoms. The van der Waals surface area contributed by atoms with Crippen LogP contribution in [0.25, 0.3) is 22.0 Å². The number of rotatable bonds is 1. The molecule has 6 heteroatoms. The highest BCUT2D eigenvalue weighted by Crippen LogP contribution is 2.33. The predicted octanol–water partition coefficient (Wildman–Crippen LogP) is 3.55. The normalized spacial score (nSPS) is 11.2. The van der Waals surface area contributed by atoms with Gasteiger partial charge in [0, 0.05) is 20.7 Å². The van der Waals surface area contributed by atoms with E-state index in [-0.39, 0.29) is 5.39 Å². The van der Waals surface area contributed by atoms with Crippen LogP contribution in [0.5, 0.6) is 0 Å². The van der Waals surface area contributed by atoms with Gasteiger partial charge in [-0.15, -0.1) is 11.3 Å². The van der Waals surface area contributed by atoms with E-state index in [0.717, 1.165) is 27.5 Å². The molecule has 0 saturated carbocycles. The summed E-state index contributed by atoms with van der Waals surface area (Å²) in [6, 6.07) is 3.85. The van der Waals surface area contributed by atoms with E-state index >= 15 is 0 Å². The number of hydrogen-bond acceptors (Lipinski definition) is 3. The van der Waals surface area contributed by atoms with Crippen LogP contribution in [-0.4, -0.2) is 10.2 Å². The molecule has 3 rings (SSSR count). The molecule has 0 amide bonds. The lowest BCUT2D eigenvalue weighted by atomic mass is 10.1. The first kappa shape index (κ1) is 12.9. The largest absolute Gasteiger partial charge is 0.272 e. The summed E-state index contributed by atoms with van der Waals surface area (Å²) in [6.07, 6.45) is 0. The highest BCUT2D eigenvalue weighted by atomic mass is 32.1. The summed E-state index contributed by atoms with van der Waals surface area (Å²) < 4.78 is 26.8. The van der Waals surface area contributed by atoms with Gasteiger partial charge in [-0.1, -0.05) is 0 Å². The van der Waals surface area contributed by atoms with Crippen molar-refractivity contribution in [2.24, 2.45) is 0 Å². The third-order valence-electron chi connectivity index (χ3n) is 3.13. The Morgan fingerprint density at radius 1 is 1.10 bits per heavy atom. The summed E-state index contributed by atoms with van der Waals surface area (Å²) >= 11 is 1.58. The number of fused-ring (bicyclic) bond motifs is 1. The van der Waals surface area contributed by atoms with E-state index in [2.05, 4.69) is 10.2 Å². The van der Waals surface area contributed by atoms with Gasteiger partial charge in [0.2, 0.25) is 0 Å². The number of hydrogen-bond donors (Lipinski definition) is 1. The van der Waals surface area contributed by atoms with Crippen LogP contribution in [0.2, 0.25) is 0 Å². The summed E-state index contributed by atoms with van der Waals surface area (Å²) in [5, 5.41) is 6.74. The molecule has 1 N–H and O–H groups in total. The Morgan fingerprint density at radius 3 is 2.35 bits per heavy atom. The van der Waals surface area contributed by atoms with Gasteiger partial charge in [0.15, 0.2) is 11.6 Å². The van der Waals surface area contributed by atoms with Crippen molar-refractivity contribution in [3.8, 4) is 11.3 Å². The fourth-order valence-corrected chi connectivity index (χ4v) is 3.15. The molecule has 0 atom stereocenters. The number of halogens is 2. The Balaban J connectivity index is 2.43. The zero-order valence-electron chi connectivity index (χ0n) is 10.8. The molecule has 102 valence electrons. The standard InChI is InChI=1S/C14H10F2N2OS/c1-6-3-8(7(2)20-6)13-9-4-11(15)12(16)5-10(9)14(19)18-17-13/h3-5H,1-2H3,(H,18,19). The third kappa shape index (κ3) is 1.92. The van der Waals surface area contributed by atoms with E-state index in [4.69, 9.17) is 0 Å². The maximum atomic E-state index is 13.5. The summed E-state index contributed by atoms with van der Waals surface area (Å²) in [7, 11) is 0. The zero-order chi connectivity index (χ0) is 14.4. The number of thiophene rings is 1. The Hall–Kier alpha value is -2.08. The molecular formula is C14H10F2N2OS. The van der Waals surface area contributed by atoms with Crippen LogP contribution in [0.4, 0.5) is 8.78 Å². The minimum atomic E-state index is -1.04. The molecule has 1 aromatic carbocycles. The molecule has 3 aromatic rings. The van der Waals surface area contributed by atoms with Crippen LogP contribution < -0.4 is 5.56 Å². The van der Waals surface area contributed by atoms with Gasteiger partial charge in [-0.25, -0.2) is 13.9 Å². The number of aromatic nitrogens is 2. The second-order valence-corrected chi connectivity index (χ2v) is 6.00. The highest BCUT2D eigenvalue weighted by Gasteiger charge is 2.15. The van der Waals surface area contributed by atoms with Gasteiger partial charge >= 0.3 is 0 Å². The second kappa shape index (κ2) is 4.49. The van der Waals surface area contributed by atoms with E-state index in [1.807, 2.05) is 19.9 Å². The van der Waals surface area contributed by atoms with Crippen molar-refractivity contribution in [1.29, 1.82) is 0 Å². The van der Waals surface area contributed by atoms with Crippen LogP contribution in [0, 0.1) is 25.5 Å². The number of nitrogens with one attached hydrogen (secondary N) is 1. The fraction of sp³-hybridized carbons (Fsp3) is 0.143. The first-order chi connectivity index (χ1) is 9.47. The van der Waals surface area contributed by atoms with Crippen LogP contribution in [-0.2, 0) is 0 Å². The summed E-state index contributed by atoms with van der Waals surface area (Å²) in [5.74, 6) is -2.03. The van der Waals surface area contributed by atoms with Crippen LogP contribution in [0.1, 0.15) is 9.75 Å². The molecule has 2 aromatic heterocycles. The lowest BCUT2D eigenvalue weighted by molar-refractivity contribution is 0.511. The van der Waals surface area contributed by atoms with Gasteiger partial charge < -0.3 is 0 Å². The van der Waals surface area contributed by atoms with Crippen molar-refractivity contribution in [2.45, 2.75) is 13.8 Å². The van der Waals surface area contributed by atoms with Crippen molar-refractivity contribution in [3.05, 3.63) is 49.9 Å². The van der Waals surface area contributed by atoms with E-state index in [1.54, 1.807) is 11.3 Å². The average Bonchev–Trinajstić information content (AvgIpc) is 2.71. The molecule has 3 nitrogen and oxygen atoms in total. The first-order valence-electron chi connectivity index (χ1n) is 5.92. The molecule has 0 aliphatic rings. The lowest BCUT2D eigenvalue weighted by Crippen LogP contribution is -2.10. The van der Waals surface area contributed by atoms with E-state index < -0.39 is 17.2 Å². The minimum absolute atomic E-state index is 0.0946. The number of aryl methyl sites for hydroxylation is 2. The van der Waals surface area contributed by atoms with Crippen molar-refractivity contribution in [2.75, 3.05) is 0 Å². The van der Waals surface area contributed by atoms with Gasteiger partial charge in [0.25, 0.3) is 5.56 Å². The molecule has 20 heavy (non-hydrogen) atoms. The Bertz CT molecular complexity index is 883. The third-order valence-corrected chi connectivity index (χ3v) is 4.09. The van der Waals surface area contributed by atoms with Gasteiger partial charge in [0.1, 0.15) is 0 Å². The first-order valence-corrected chi connectivity index (χ1v) is 6.74. The lowest BCUT2D eigenvalue weighted by Gasteiger charge is -2.05. The SMILES string of the molecule is Cc1cc(-c2n[nH]c(=O)c3cc(F)c(F)cc23)c(C)s1. The van der Waals surface area contributed by atoms with Crippen LogP contribution in [0.3, 0.4) is 0 Å². The monoisotopic (exact) mass is 292 g/mol. The number of aromatic amines is 1. The molecule has 0 bridgehead atoms. The molecule has 0 radical (unpaired) electrons. The quantitative estimate of drug-likeness (QED) is 0.745. The van der Waals surface area contributed by atoms with Crippen LogP contribution in [0.15, 0.2) is 23.0 Å². The van der Waals surface area contributed by atoms with Gasteiger partial charge in [-0.2, -0.15) is 5.10 Å². The smallest absolute Gasteiger partial charge is 0.267 e. The zero-order valence-corrected chi connectivity index (χ0v) is 11.6. The van der Waals surface area contributed by atoms with Gasteiger partial charge in [-0.3, -0.25) is 4.79 Å². The molecule has 0 unspecified atom stereocenters. The summed E-state index contributed by atoms with van der Waals surface area (Å²) in [4.78, 5) is 13.8. The predicted molar refractivity (Wildman–Crippen MR) is 75.1 cm³/mol. The topological polar surface area (TPSA) is 45.8 Å². The molecule has 0 saturated heterocycles. The van der Waals surface area contributed by atoms with E-state index in [9.17, 15) is 13.6 Å². The summed E-state index contributed by atoms with van der Waals surface area (Å²) in [6.45, 7) is 3.88. The molecule has 0 aliphatic carbocycles. The van der Waals surface area contributed by atoms with Gasteiger partial charge in [0.05, 0.1) is 11.1 Å². The minimum Gasteiger partial charge on any atom is -0.267 e.